The van der Waals surface area contributed by atoms with Crippen molar-refractivity contribution in [1.82, 2.24) is 15.0 Å². The van der Waals surface area contributed by atoms with Crippen molar-refractivity contribution >= 4 is 44.4 Å². The first-order valence-corrected chi connectivity index (χ1v) is 8.79. The monoisotopic (exact) mass is 427 g/mol. The summed E-state index contributed by atoms with van der Waals surface area (Å²) in [4.78, 5) is 12.4. The van der Waals surface area contributed by atoms with Gasteiger partial charge >= 0.3 is 0 Å². The maximum atomic E-state index is 13.4. The fourth-order valence-corrected chi connectivity index (χ4v) is 2.96. The van der Waals surface area contributed by atoms with Crippen LogP contribution in [-0.4, -0.2) is 27.2 Å². The van der Waals surface area contributed by atoms with E-state index < -0.39 is 12.2 Å². The molecule has 3 heterocycles. The van der Waals surface area contributed by atoms with Crippen LogP contribution in [0.15, 0.2) is 33.4 Å². The number of anilines is 1. The topological polar surface area (TPSA) is 89.9 Å². The van der Waals surface area contributed by atoms with Gasteiger partial charge in [0.1, 0.15) is 17.4 Å². The molecule has 3 aromatic rings. The Labute approximate surface area is 157 Å². The Balaban J connectivity index is 1.92. The number of aromatic nitrogens is 3. The van der Waals surface area contributed by atoms with Gasteiger partial charge in [-0.05, 0) is 52.2 Å². The first-order chi connectivity index (χ1) is 12.0. The van der Waals surface area contributed by atoms with Crippen LogP contribution in [0.1, 0.15) is 18.2 Å². The predicted octanol–water partition coefficient (Wildman–Crippen LogP) is 3.87. The van der Waals surface area contributed by atoms with E-state index in [-0.39, 0.29) is 11.7 Å². The van der Waals surface area contributed by atoms with Crippen molar-refractivity contribution < 1.29 is 8.81 Å². The number of halogens is 3. The molecule has 3 rings (SSSR count). The highest BCUT2D eigenvalue weighted by Crippen LogP contribution is 2.34. The van der Waals surface area contributed by atoms with Crippen molar-refractivity contribution in [2.24, 2.45) is 5.73 Å². The van der Waals surface area contributed by atoms with Crippen molar-refractivity contribution in [2.45, 2.75) is 32.1 Å². The number of rotatable bonds is 6. The maximum Gasteiger partial charge on any atom is 0.225 e. The Kier molecular flexibility index (Phi) is 5.51. The standard InChI is InChI=1S/C16H16BrClFN5O/c1-8(19)10(20)6-11-12(17)13-14(25-11)15(24-16(18)23-13)22-7-9-2-4-21-5-3-9/h2-5,8,10H,6-7,20H2,1H3,(H,22,23,24)/t8-,10+/m0/s1. The number of hydrogen-bond acceptors (Lipinski definition) is 6. The van der Waals surface area contributed by atoms with Gasteiger partial charge in [-0.25, -0.2) is 9.37 Å². The molecule has 25 heavy (non-hydrogen) atoms. The first kappa shape index (κ1) is 18.0. The minimum Gasteiger partial charge on any atom is -0.454 e. The van der Waals surface area contributed by atoms with E-state index in [0.717, 1.165) is 5.56 Å². The number of hydrogen-bond donors (Lipinski definition) is 2. The van der Waals surface area contributed by atoms with Crippen LogP contribution in [0.2, 0.25) is 5.28 Å². The number of nitrogens with two attached hydrogens (primary N) is 1. The van der Waals surface area contributed by atoms with Crippen LogP contribution < -0.4 is 11.1 Å². The van der Waals surface area contributed by atoms with E-state index in [1.165, 1.54) is 6.92 Å². The number of fused-ring (bicyclic) bond motifs is 1. The van der Waals surface area contributed by atoms with Crippen LogP contribution in [0.4, 0.5) is 10.2 Å². The molecular formula is C16H16BrClFN5O. The summed E-state index contributed by atoms with van der Waals surface area (Å²) in [6, 6.07) is 3.10. The minimum atomic E-state index is -1.15. The summed E-state index contributed by atoms with van der Waals surface area (Å²) in [6.07, 6.45) is 2.50. The second-order valence-corrected chi connectivity index (χ2v) is 6.74. The fourth-order valence-electron chi connectivity index (χ4n) is 2.28. The van der Waals surface area contributed by atoms with Gasteiger partial charge in [0.05, 0.1) is 4.47 Å². The van der Waals surface area contributed by atoms with Crippen molar-refractivity contribution in [3.8, 4) is 0 Å². The Hall–Kier alpha value is -1.77. The lowest BCUT2D eigenvalue weighted by Crippen LogP contribution is -2.31. The molecule has 0 unspecified atom stereocenters. The van der Waals surface area contributed by atoms with Crippen LogP contribution in [0.5, 0.6) is 0 Å². The molecule has 2 atom stereocenters. The normalized spacial score (nSPS) is 13.8. The summed E-state index contributed by atoms with van der Waals surface area (Å²) < 4.78 is 19.8. The summed E-state index contributed by atoms with van der Waals surface area (Å²) in [7, 11) is 0. The van der Waals surface area contributed by atoms with Gasteiger partial charge in [-0.1, -0.05) is 0 Å². The second-order valence-electron chi connectivity index (χ2n) is 5.61. The highest BCUT2D eigenvalue weighted by atomic mass is 79.9. The predicted molar refractivity (Wildman–Crippen MR) is 98.3 cm³/mol. The molecule has 0 aliphatic heterocycles. The molecule has 6 nitrogen and oxygen atoms in total. The molecule has 132 valence electrons. The number of furan rings is 1. The number of nitrogens with zero attached hydrogens (tertiary/aromatic N) is 3. The molecule has 0 spiro atoms. The lowest BCUT2D eigenvalue weighted by atomic mass is 10.1. The maximum absolute atomic E-state index is 13.4. The Morgan fingerprint density at radius 1 is 1.36 bits per heavy atom. The molecule has 0 aliphatic carbocycles. The molecule has 0 aromatic carbocycles. The van der Waals surface area contributed by atoms with E-state index in [4.69, 9.17) is 21.8 Å². The van der Waals surface area contributed by atoms with Gasteiger partial charge < -0.3 is 15.5 Å². The number of nitrogens with one attached hydrogen (secondary N) is 1. The van der Waals surface area contributed by atoms with E-state index in [1.807, 2.05) is 12.1 Å². The molecule has 0 bridgehead atoms. The van der Waals surface area contributed by atoms with E-state index in [0.29, 0.717) is 33.7 Å². The quantitative estimate of drug-likeness (QED) is 0.579. The molecule has 3 N–H and O–H groups in total. The zero-order valence-corrected chi connectivity index (χ0v) is 15.7. The summed E-state index contributed by atoms with van der Waals surface area (Å²) in [6.45, 7) is 1.93. The molecule has 0 saturated heterocycles. The van der Waals surface area contributed by atoms with Crippen LogP contribution in [0, 0.1) is 0 Å². The van der Waals surface area contributed by atoms with Gasteiger partial charge in [0, 0.05) is 31.4 Å². The summed E-state index contributed by atoms with van der Waals surface area (Å²) in [5.41, 5.74) is 7.79. The minimum absolute atomic E-state index is 0.0842. The summed E-state index contributed by atoms with van der Waals surface area (Å²) in [5, 5.41) is 3.26. The van der Waals surface area contributed by atoms with Crippen LogP contribution >= 0.6 is 27.5 Å². The van der Waals surface area contributed by atoms with Gasteiger partial charge in [-0.2, -0.15) is 4.98 Å². The van der Waals surface area contributed by atoms with Gasteiger partial charge in [0.15, 0.2) is 11.4 Å². The van der Waals surface area contributed by atoms with Gasteiger partial charge in [-0.15, -0.1) is 0 Å². The molecule has 0 saturated carbocycles. The Morgan fingerprint density at radius 3 is 2.76 bits per heavy atom. The Bertz CT molecular complexity index is 874. The highest BCUT2D eigenvalue weighted by Gasteiger charge is 2.22. The van der Waals surface area contributed by atoms with Crippen LogP contribution in [0.3, 0.4) is 0 Å². The zero-order valence-electron chi connectivity index (χ0n) is 13.3. The molecule has 0 amide bonds. The second kappa shape index (κ2) is 7.63. The van der Waals surface area contributed by atoms with Gasteiger partial charge in [0.25, 0.3) is 0 Å². The van der Waals surface area contributed by atoms with E-state index in [2.05, 4.69) is 36.2 Å². The van der Waals surface area contributed by atoms with Crippen molar-refractivity contribution in [1.29, 1.82) is 0 Å². The smallest absolute Gasteiger partial charge is 0.225 e. The van der Waals surface area contributed by atoms with Crippen molar-refractivity contribution in [2.75, 3.05) is 5.32 Å². The van der Waals surface area contributed by atoms with Crippen LogP contribution in [-0.2, 0) is 13.0 Å². The Morgan fingerprint density at radius 2 is 2.08 bits per heavy atom. The SMILES string of the molecule is C[C@H](F)[C@H](N)Cc1oc2c(NCc3ccncc3)nc(Cl)nc2c1Br. The summed E-state index contributed by atoms with van der Waals surface area (Å²) in [5.74, 6) is 0.969. The van der Waals surface area contributed by atoms with Crippen molar-refractivity contribution in [3.05, 3.63) is 45.6 Å². The third-order valence-electron chi connectivity index (χ3n) is 3.74. The third-order valence-corrected chi connectivity index (χ3v) is 4.72. The number of pyridine rings is 1. The van der Waals surface area contributed by atoms with E-state index >= 15 is 0 Å². The molecule has 0 aliphatic rings. The lowest BCUT2D eigenvalue weighted by molar-refractivity contribution is 0.295. The van der Waals surface area contributed by atoms with Gasteiger partial charge in [0.2, 0.25) is 5.28 Å². The molecule has 3 aromatic heterocycles. The van der Waals surface area contributed by atoms with E-state index in [9.17, 15) is 4.39 Å². The number of alkyl halides is 1. The molecular weight excluding hydrogens is 413 g/mol. The van der Waals surface area contributed by atoms with Gasteiger partial charge in [-0.3, -0.25) is 4.98 Å². The molecule has 0 radical (unpaired) electrons. The average molecular weight is 429 g/mol. The average Bonchev–Trinajstić information content (AvgIpc) is 2.90. The van der Waals surface area contributed by atoms with Crippen LogP contribution in [0.25, 0.3) is 11.1 Å². The zero-order chi connectivity index (χ0) is 18.0. The largest absolute Gasteiger partial charge is 0.454 e. The molecule has 0 fully saturated rings. The lowest BCUT2D eigenvalue weighted by Gasteiger charge is -2.10. The first-order valence-electron chi connectivity index (χ1n) is 7.62. The third kappa shape index (κ3) is 4.08. The highest BCUT2D eigenvalue weighted by molar-refractivity contribution is 9.10. The summed E-state index contributed by atoms with van der Waals surface area (Å²) >= 11 is 9.46. The fraction of sp³-hybridized carbons (Fsp3) is 0.312. The van der Waals surface area contributed by atoms with Crippen molar-refractivity contribution in [3.63, 3.8) is 0 Å². The van der Waals surface area contributed by atoms with E-state index in [1.54, 1.807) is 12.4 Å². The molecule has 9 heteroatoms.